The summed E-state index contributed by atoms with van der Waals surface area (Å²) in [5.41, 5.74) is 0.575. The molecule has 0 aliphatic carbocycles. The highest BCUT2D eigenvalue weighted by Gasteiger charge is 2.29. The van der Waals surface area contributed by atoms with E-state index in [9.17, 15) is 9.59 Å². The summed E-state index contributed by atoms with van der Waals surface area (Å²) in [6.07, 6.45) is 2.02. The maximum Gasteiger partial charge on any atom is 0.252 e. The number of aromatic nitrogens is 2. The first-order valence-electron chi connectivity index (χ1n) is 9.62. The fourth-order valence-electron chi connectivity index (χ4n) is 3.51. The molecule has 0 bridgehead atoms. The molecule has 1 saturated heterocycles. The van der Waals surface area contributed by atoms with Crippen LogP contribution in [-0.2, 0) is 17.8 Å². The number of likely N-dealkylation sites (N-methyl/N-ethyl adjacent to an activating group) is 1. The summed E-state index contributed by atoms with van der Waals surface area (Å²) < 4.78 is 5.54. The van der Waals surface area contributed by atoms with E-state index in [-0.39, 0.29) is 17.5 Å². The molecule has 0 saturated carbocycles. The first kappa shape index (κ1) is 20.1. The molecule has 152 valence electrons. The lowest BCUT2D eigenvalue weighted by Crippen LogP contribution is -2.36. The molecule has 0 aromatic carbocycles. The van der Waals surface area contributed by atoms with Gasteiger partial charge in [-0.2, -0.15) is 0 Å². The Balaban J connectivity index is 1.53. The zero-order chi connectivity index (χ0) is 20.3. The number of nitrogens with zero attached hydrogens (tertiary/aromatic N) is 4. The molecule has 28 heavy (non-hydrogen) atoms. The van der Waals surface area contributed by atoms with Crippen molar-refractivity contribution in [2.24, 2.45) is 0 Å². The van der Waals surface area contributed by atoms with Gasteiger partial charge >= 0.3 is 0 Å². The molecular formula is C20H29N5O3. The number of nitrogens with one attached hydrogen (secondary N) is 1. The molecule has 1 N–H and O–H groups in total. The van der Waals surface area contributed by atoms with Gasteiger partial charge in [-0.1, -0.05) is 0 Å². The quantitative estimate of drug-likeness (QED) is 0.773. The van der Waals surface area contributed by atoms with E-state index in [0.717, 1.165) is 30.2 Å². The molecule has 1 aliphatic rings. The van der Waals surface area contributed by atoms with Gasteiger partial charge in [0.25, 0.3) is 5.56 Å². The van der Waals surface area contributed by atoms with Crippen molar-refractivity contribution in [1.29, 1.82) is 0 Å². The van der Waals surface area contributed by atoms with Crippen LogP contribution in [0.4, 0.5) is 5.95 Å². The predicted octanol–water partition coefficient (Wildman–Crippen LogP) is 1.40. The Bertz CT molecular complexity index is 873. The standard InChI is InChI=1S/C20H29N5O3/c1-14-5-6-17(28-14)7-8-19(27)25-10-9-16(13-25)24(4)12-15-11-18(26)22-20(21-15)23(2)3/h5-6,11,16H,7-10,12-13H2,1-4H3,(H,21,22,26). The molecule has 0 radical (unpaired) electrons. The Labute approximate surface area is 165 Å². The monoisotopic (exact) mass is 387 g/mol. The highest BCUT2D eigenvalue weighted by Crippen LogP contribution is 2.18. The molecule has 2 aromatic rings. The van der Waals surface area contributed by atoms with Crippen LogP contribution in [0.15, 0.2) is 27.4 Å². The number of carbonyl (C=O) groups excluding carboxylic acids is 1. The molecule has 1 fully saturated rings. The van der Waals surface area contributed by atoms with Crippen LogP contribution < -0.4 is 10.5 Å². The van der Waals surface area contributed by atoms with Crippen molar-refractivity contribution in [3.63, 3.8) is 0 Å². The van der Waals surface area contributed by atoms with Gasteiger partial charge in [-0.05, 0) is 32.5 Å². The second-order valence-electron chi connectivity index (χ2n) is 7.66. The lowest BCUT2D eigenvalue weighted by molar-refractivity contribution is -0.130. The fraction of sp³-hybridized carbons (Fsp3) is 0.550. The van der Waals surface area contributed by atoms with E-state index in [1.807, 2.05) is 45.1 Å². The lowest BCUT2D eigenvalue weighted by Gasteiger charge is -2.24. The van der Waals surface area contributed by atoms with Gasteiger partial charge in [0, 0.05) is 58.7 Å². The van der Waals surface area contributed by atoms with E-state index in [2.05, 4.69) is 14.9 Å². The number of aromatic amines is 1. The third kappa shape index (κ3) is 5.01. The Hall–Kier alpha value is -2.61. The first-order chi connectivity index (χ1) is 13.3. The summed E-state index contributed by atoms with van der Waals surface area (Å²) >= 11 is 0. The van der Waals surface area contributed by atoms with Crippen LogP contribution in [0.3, 0.4) is 0 Å². The number of hydrogen-bond donors (Lipinski definition) is 1. The van der Waals surface area contributed by atoms with E-state index in [0.29, 0.717) is 31.9 Å². The summed E-state index contributed by atoms with van der Waals surface area (Å²) in [4.78, 5) is 37.5. The molecule has 8 nitrogen and oxygen atoms in total. The van der Waals surface area contributed by atoms with E-state index in [1.54, 1.807) is 4.90 Å². The van der Waals surface area contributed by atoms with Crippen LogP contribution in [-0.4, -0.2) is 65.9 Å². The molecule has 1 unspecified atom stereocenters. The number of H-pyrrole nitrogens is 1. The topological polar surface area (TPSA) is 85.7 Å². The van der Waals surface area contributed by atoms with Crippen molar-refractivity contribution in [2.75, 3.05) is 39.1 Å². The van der Waals surface area contributed by atoms with Crippen LogP contribution in [0.25, 0.3) is 0 Å². The summed E-state index contributed by atoms with van der Waals surface area (Å²) in [6.45, 7) is 3.94. The number of carbonyl (C=O) groups is 1. The third-order valence-corrected chi connectivity index (χ3v) is 5.14. The van der Waals surface area contributed by atoms with Crippen LogP contribution in [0.1, 0.15) is 30.1 Å². The summed E-state index contributed by atoms with van der Waals surface area (Å²) in [5.74, 6) is 2.44. The first-order valence-corrected chi connectivity index (χ1v) is 9.62. The van der Waals surface area contributed by atoms with Crippen molar-refractivity contribution in [1.82, 2.24) is 19.8 Å². The lowest BCUT2D eigenvalue weighted by atomic mass is 10.2. The SMILES string of the molecule is Cc1ccc(CCC(=O)N2CCC(N(C)Cc3cc(=O)[nH]c(N(C)C)n3)C2)o1. The van der Waals surface area contributed by atoms with Gasteiger partial charge in [0.15, 0.2) is 0 Å². The Kier molecular flexibility index (Phi) is 6.18. The number of anilines is 1. The molecule has 0 spiro atoms. The number of likely N-dealkylation sites (tertiary alicyclic amines) is 1. The van der Waals surface area contributed by atoms with E-state index >= 15 is 0 Å². The van der Waals surface area contributed by atoms with E-state index in [4.69, 9.17) is 4.42 Å². The highest BCUT2D eigenvalue weighted by molar-refractivity contribution is 5.76. The minimum absolute atomic E-state index is 0.154. The van der Waals surface area contributed by atoms with Gasteiger partial charge in [0.1, 0.15) is 11.5 Å². The molecular weight excluding hydrogens is 358 g/mol. The van der Waals surface area contributed by atoms with Crippen LogP contribution in [0, 0.1) is 6.92 Å². The van der Waals surface area contributed by atoms with Crippen molar-refractivity contribution in [3.8, 4) is 0 Å². The fourth-order valence-corrected chi connectivity index (χ4v) is 3.51. The second-order valence-corrected chi connectivity index (χ2v) is 7.66. The van der Waals surface area contributed by atoms with Crippen molar-refractivity contribution in [3.05, 3.63) is 45.8 Å². The van der Waals surface area contributed by atoms with Crippen LogP contribution >= 0.6 is 0 Å². The summed E-state index contributed by atoms with van der Waals surface area (Å²) in [5, 5.41) is 0. The van der Waals surface area contributed by atoms with Crippen molar-refractivity contribution >= 4 is 11.9 Å². The highest BCUT2D eigenvalue weighted by atomic mass is 16.3. The predicted molar refractivity (Wildman–Crippen MR) is 107 cm³/mol. The van der Waals surface area contributed by atoms with Crippen LogP contribution in [0.2, 0.25) is 0 Å². The van der Waals surface area contributed by atoms with Gasteiger partial charge in [0.2, 0.25) is 11.9 Å². The maximum absolute atomic E-state index is 12.5. The molecule has 8 heteroatoms. The summed E-state index contributed by atoms with van der Waals surface area (Å²) in [6, 6.07) is 5.65. The minimum Gasteiger partial charge on any atom is -0.466 e. The maximum atomic E-state index is 12.5. The number of aryl methyl sites for hydroxylation is 2. The third-order valence-electron chi connectivity index (χ3n) is 5.14. The molecule has 1 amide bonds. The van der Waals surface area contributed by atoms with Gasteiger partial charge < -0.3 is 14.2 Å². The molecule has 2 aromatic heterocycles. The average Bonchev–Trinajstić information content (AvgIpc) is 3.28. The van der Waals surface area contributed by atoms with Gasteiger partial charge in [-0.25, -0.2) is 4.98 Å². The molecule has 1 atom stereocenters. The number of amides is 1. The average molecular weight is 387 g/mol. The summed E-state index contributed by atoms with van der Waals surface area (Å²) in [7, 11) is 5.70. The van der Waals surface area contributed by atoms with Gasteiger partial charge in [-0.3, -0.25) is 19.5 Å². The number of hydrogen-bond acceptors (Lipinski definition) is 6. The molecule has 1 aliphatic heterocycles. The normalized spacial score (nSPS) is 16.8. The largest absolute Gasteiger partial charge is 0.466 e. The zero-order valence-corrected chi connectivity index (χ0v) is 17.1. The second kappa shape index (κ2) is 8.60. The number of furan rings is 1. The zero-order valence-electron chi connectivity index (χ0n) is 17.1. The van der Waals surface area contributed by atoms with Crippen molar-refractivity contribution in [2.45, 2.75) is 38.8 Å². The molecule has 3 heterocycles. The number of rotatable bonds is 7. The minimum atomic E-state index is -0.154. The van der Waals surface area contributed by atoms with E-state index < -0.39 is 0 Å². The Morgan fingerprint density at radius 1 is 1.36 bits per heavy atom. The van der Waals surface area contributed by atoms with Crippen LogP contribution in [0.5, 0.6) is 0 Å². The van der Waals surface area contributed by atoms with Gasteiger partial charge in [0.05, 0.1) is 5.69 Å². The van der Waals surface area contributed by atoms with Gasteiger partial charge in [-0.15, -0.1) is 0 Å². The molecule has 3 rings (SSSR count). The smallest absolute Gasteiger partial charge is 0.252 e. The Morgan fingerprint density at radius 2 is 2.14 bits per heavy atom. The Morgan fingerprint density at radius 3 is 2.82 bits per heavy atom. The van der Waals surface area contributed by atoms with E-state index in [1.165, 1.54) is 6.07 Å². The van der Waals surface area contributed by atoms with Crippen molar-refractivity contribution < 1.29 is 9.21 Å².